The van der Waals surface area contributed by atoms with Gasteiger partial charge in [0.2, 0.25) is 0 Å². The zero-order chi connectivity index (χ0) is 14.5. The van der Waals surface area contributed by atoms with Crippen molar-refractivity contribution in [1.29, 1.82) is 0 Å². The van der Waals surface area contributed by atoms with Crippen LogP contribution in [0.15, 0.2) is 24.3 Å². The summed E-state index contributed by atoms with van der Waals surface area (Å²) in [5.41, 5.74) is 0.886. The highest BCUT2D eigenvalue weighted by Gasteiger charge is 1.95. The standard InChI is InChI=1S/C16H22O4/c1-18-10-5-11-19-12-13-20-16-8-4-7-15(14-16)6-2-3-9-17/h4,7-8,14,17H,3,5,9-13H2,1H3. The average Bonchev–Trinajstić information content (AvgIpc) is 2.47. The maximum Gasteiger partial charge on any atom is 0.120 e. The summed E-state index contributed by atoms with van der Waals surface area (Å²) in [6, 6.07) is 7.59. The SMILES string of the molecule is COCCCOCCOc1cccc(C#CCCO)c1. The minimum atomic E-state index is 0.0869. The Morgan fingerprint density at radius 1 is 1.15 bits per heavy atom. The van der Waals surface area contributed by atoms with Crippen molar-refractivity contribution in [2.75, 3.05) is 40.1 Å². The molecule has 0 unspecified atom stereocenters. The minimum absolute atomic E-state index is 0.0869. The van der Waals surface area contributed by atoms with Crippen LogP contribution in [0.4, 0.5) is 0 Å². The van der Waals surface area contributed by atoms with Gasteiger partial charge >= 0.3 is 0 Å². The zero-order valence-corrected chi connectivity index (χ0v) is 11.9. The van der Waals surface area contributed by atoms with Gasteiger partial charge in [-0.15, -0.1) is 0 Å². The quantitative estimate of drug-likeness (QED) is 0.553. The van der Waals surface area contributed by atoms with Gasteiger partial charge in [0.05, 0.1) is 13.2 Å². The van der Waals surface area contributed by atoms with Gasteiger partial charge < -0.3 is 19.3 Å². The van der Waals surface area contributed by atoms with Crippen molar-refractivity contribution in [2.45, 2.75) is 12.8 Å². The molecular weight excluding hydrogens is 256 g/mol. The Balaban J connectivity index is 2.23. The van der Waals surface area contributed by atoms with E-state index in [9.17, 15) is 0 Å². The lowest BCUT2D eigenvalue weighted by molar-refractivity contribution is 0.0806. The molecule has 0 aliphatic heterocycles. The summed E-state index contributed by atoms with van der Waals surface area (Å²) in [7, 11) is 1.68. The molecule has 0 atom stereocenters. The highest BCUT2D eigenvalue weighted by Crippen LogP contribution is 2.12. The maximum absolute atomic E-state index is 8.67. The fourth-order valence-electron chi connectivity index (χ4n) is 1.51. The number of benzene rings is 1. The van der Waals surface area contributed by atoms with Crippen molar-refractivity contribution in [3.63, 3.8) is 0 Å². The molecule has 1 aromatic carbocycles. The molecule has 4 heteroatoms. The first-order valence-electron chi connectivity index (χ1n) is 6.76. The molecule has 0 aromatic heterocycles. The van der Waals surface area contributed by atoms with E-state index >= 15 is 0 Å². The van der Waals surface area contributed by atoms with Crippen molar-refractivity contribution >= 4 is 0 Å². The molecule has 0 radical (unpaired) electrons. The molecule has 0 bridgehead atoms. The number of rotatable bonds is 9. The molecule has 0 saturated heterocycles. The number of hydrogen-bond acceptors (Lipinski definition) is 4. The fraction of sp³-hybridized carbons (Fsp3) is 0.500. The highest BCUT2D eigenvalue weighted by molar-refractivity contribution is 5.39. The largest absolute Gasteiger partial charge is 0.491 e. The molecule has 0 aliphatic rings. The Kier molecular flexibility index (Phi) is 9.33. The number of ether oxygens (including phenoxy) is 3. The second-order valence-corrected chi connectivity index (χ2v) is 4.11. The first kappa shape index (κ1) is 16.5. The lowest BCUT2D eigenvalue weighted by Gasteiger charge is -2.07. The average molecular weight is 278 g/mol. The van der Waals surface area contributed by atoms with Crippen LogP contribution in [0, 0.1) is 11.8 Å². The lowest BCUT2D eigenvalue weighted by atomic mass is 10.2. The molecule has 1 N–H and O–H groups in total. The predicted octanol–water partition coefficient (Wildman–Crippen LogP) is 1.85. The van der Waals surface area contributed by atoms with Gasteiger partial charge in [0.15, 0.2) is 0 Å². The van der Waals surface area contributed by atoms with E-state index in [0.29, 0.717) is 26.2 Å². The molecule has 0 heterocycles. The van der Waals surface area contributed by atoms with Crippen molar-refractivity contribution in [2.24, 2.45) is 0 Å². The van der Waals surface area contributed by atoms with Crippen LogP contribution in [0.5, 0.6) is 5.75 Å². The van der Waals surface area contributed by atoms with Gasteiger partial charge in [-0.2, -0.15) is 0 Å². The van der Waals surface area contributed by atoms with Gasteiger partial charge in [0, 0.05) is 32.3 Å². The minimum Gasteiger partial charge on any atom is -0.491 e. The van der Waals surface area contributed by atoms with E-state index in [1.807, 2.05) is 24.3 Å². The summed E-state index contributed by atoms with van der Waals surface area (Å²) in [6.07, 6.45) is 1.38. The maximum atomic E-state index is 8.67. The third-order valence-electron chi connectivity index (χ3n) is 2.44. The third kappa shape index (κ3) is 7.80. The highest BCUT2D eigenvalue weighted by atomic mass is 16.5. The van der Waals surface area contributed by atoms with Crippen LogP contribution in [0.2, 0.25) is 0 Å². The molecule has 0 aliphatic carbocycles. The number of aliphatic hydroxyl groups is 1. The molecule has 0 spiro atoms. The van der Waals surface area contributed by atoms with Gasteiger partial charge in [-0.25, -0.2) is 0 Å². The van der Waals surface area contributed by atoms with E-state index in [4.69, 9.17) is 19.3 Å². The molecule has 0 fully saturated rings. The van der Waals surface area contributed by atoms with Gasteiger partial charge in [-0.3, -0.25) is 0 Å². The van der Waals surface area contributed by atoms with Crippen LogP contribution in [0.1, 0.15) is 18.4 Å². The van der Waals surface area contributed by atoms with Crippen LogP contribution < -0.4 is 4.74 Å². The van der Waals surface area contributed by atoms with Gasteiger partial charge in [-0.1, -0.05) is 17.9 Å². The van der Waals surface area contributed by atoms with E-state index in [2.05, 4.69) is 11.8 Å². The summed E-state index contributed by atoms with van der Waals surface area (Å²) >= 11 is 0. The molecule has 1 aromatic rings. The summed E-state index contributed by atoms with van der Waals surface area (Å²) in [5.74, 6) is 6.64. The fourth-order valence-corrected chi connectivity index (χ4v) is 1.51. The van der Waals surface area contributed by atoms with Crippen LogP contribution in [-0.2, 0) is 9.47 Å². The number of methoxy groups -OCH3 is 1. The Bertz CT molecular complexity index is 420. The molecule has 20 heavy (non-hydrogen) atoms. The van der Waals surface area contributed by atoms with Gasteiger partial charge in [0.25, 0.3) is 0 Å². The molecular formula is C16H22O4. The second kappa shape index (κ2) is 11.3. The monoisotopic (exact) mass is 278 g/mol. The van der Waals surface area contributed by atoms with E-state index in [0.717, 1.165) is 24.3 Å². The Hall–Kier alpha value is -1.54. The second-order valence-electron chi connectivity index (χ2n) is 4.11. The summed E-state index contributed by atoms with van der Waals surface area (Å²) < 4.78 is 15.9. The molecule has 0 amide bonds. The Morgan fingerprint density at radius 2 is 2.05 bits per heavy atom. The van der Waals surface area contributed by atoms with Crippen molar-refractivity contribution in [1.82, 2.24) is 0 Å². The van der Waals surface area contributed by atoms with Crippen molar-refractivity contribution in [3.05, 3.63) is 29.8 Å². The molecule has 0 saturated carbocycles. The van der Waals surface area contributed by atoms with E-state index in [1.165, 1.54) is 0 Å². The number of hydrogen-bond donors (Lipinski definition) is 1. The Labute approximate surface area is 120 Å². The molecule has 1 rings (SSSR count). The normalized spacial score (nSPS) is 9.90. The van der Waals surface area contributed by atoms with Crippen molar-refractivity contribution < 1.29 is 19.3 Å². The summed E-state index contributed by atoms with van der Waals surface area (Å²) in [5, 5.41) is 8.67. The molecule has 4 nitrogen and oxygen atoms in total. The van der Waals surface area contributed by atoms with Crippen LogP contribution in [-0.4, -0.2) is 45.3 Å². The van der Waals surface area contributed by atoms with Crippen molar-refractivity contribution in [3.8, 4) is 17.6 Å². The van der Waals surface area contributed by atoms with E-state index in [-0.39, 0.29) is 6.61 Å². The van der Waals surface area contributed by atoms with Gasteiger partial charge in [0.1, 0.15) is 12.4 Å². The summed E-state index contributed by atoms with van der Waals surface area (Å²) in [4.78, 5) is 0. The zero-order valence-electron chi connectivity index (χ0n) is 11.9. The first-order chi connectivity index (χ1) is 9.86. The van der Waals surface area contributed by atoms with Gasteiger partial charge in [-0.05, 0) is 24.6 Å². The third-order valence-corrected chi connectivity index (χ3v) is 2.44. The van der Waals surface area contributed by atoms with Crippen LogP contribution in [0.3, 0.4) is 0 Å². The van der Waals surface area contributed by atoms with Crippen LogP contribution in [0.25, 0.3) is 0 Å². The first-order valence-corrected chi connectivity index (χ1v) is 6.76. The summed E-state index contributed by atoms with van der Waals surface area (Å²) in [6.45, 7) is 2.56. The smallest absolute Gasteiger partial charge is 0.120 e. The van der Waals surface area contributed by atoms with E-state index < -0.39 is 0 Å². The Morgan fingerprint density at radius 3 is 2.85 bits per heavy atom. The number of aliphatic hydroxyl groups excluding tert-OH is 1. The van der Waals surface area contributed by atoms with Crippen LogP contribution >= 0.6 is 0 Å². The lowest BCUT2D eigenvalue weighted by Crippen LogP contribution is -2.08. The molecule has 110 valence electrons. The topological polar surface area (TPSA) is 47.9 Å². The van der Waals surface area contributed by atoms with E-state index in [1.54, 1.807) is 7.11 Å². The predicted molar refractivity (Wildman–Crippen MR) is 77.8 cm³/mol.